The summed E-state index contributed by atoms with van der Waals surface area (Å²) in [5.74, 6) is 0.725. The Morgan fingerprint density at radius 2 is 1.96 bits per heavy atom. The number of hydrogen-bond donors (Lipinski definition) is 0. The number of para-hydroxylation sites is 1. The van der Waals surface area contributed by atoms with Crippen molar-refractivity contribution in [1.29, 1.82) is 0 Å². The molecule has 0 aliphatic carbocycles. The molecule has 0 N–H and O–H groups in total. The molecule has 0 spiro atoms. The predicted molar refractivity (Wildman–Crippen MR) is 100 cm³/mol. The van der Waals surface area contributed by atoms with Crippen LogP contribution in [0.1, 0.15) is 43.3 Å². The third-order valence-electron chi connectivity index (χ3n) is 5.45. The monoisotopic (exact) mass is 391 g/mol. The summed E-state index contributed by atoms with van der Waals surface area (Å²) in [6, 6.07) is 7.63. The topological polar surface area (TPSA) is 73.7 Å². The molecule has 146 valence electrons. The third-order valence-corrected chi connectivity index (χ3v) is 7.31. The lowest BCUT2D eigenvalue weighted by Gasteiger charge is -2.25. The average molecular weight is 391 g/mol. The van der Waals surface area contributed by atoms with Crippen molar-refractivity contribution in [1.82, 2.24) is 14.1 Å². The SMILES string of the molecule is COc1ccccc1[C@H]1CCCN1S(=O)(=O)c1cnn(C2CCOCC2)c1. The number of ether oxygens (including phenoxy) is 2. The summed E-state index contributed by atoms with van der Waals surface area (Å²) in [6.45, 7) is 1.89. The molecule has 1 aromatic heterocycles. The molecule has 0 saturated carbocycles. The van der Waals surface area contributed by atoms with Crippen molar-refractivity contribution in [3.63, 3.8) is 0 Å². The van der Waals surface area contributed by atoms with Gasteiger partial charge in [-0.15, -0.1) is 0 Å². The van der Waals surface area contributed by atoms with Gasteiger partial charge >= 0.3 is 0 Å². The van der Waals surface area contributed by atoms with Gasteiger partial charge in [0.25, 0.3) is 0 Å². The lowest BCUT2D eigenvalue weighted by molar-refractivity contribution is 0.0662. The van der Waals surface area contributed by atoms with E-state index in [0.717, 1.165) is 37.0 Å². The number of hydrogen-bond acceptors (Lipinski definition) is 5. The Morgan fingerprint density at radius 1 is 1.19 bits per heavy atom. The molecular formula is C19H25N3O4S. The number of benzene rings is 1. The van der Waals surface area contributed by atoms with Gasteiger partial charge in [0.05, 0.1) is 25.4 Å². The maximum Gasteiger partial charge on any atom is 0.246 e. The third kappa shape index (κ3) is 3.49. The van der Waals surface area contributed by atoms with Crippen molar-refractivity contribution < 1.29 is 17.9 Å². The van der Waals surface area contributed by atoms with Crippen LogP contribution in [0.4, 0.5) is 0 Å². The van der Waals surface area contributed by atoms with Gasteiger partial charge in [0.15, 0.2) is 0 Å². The quantitative estimate of drug-likeness (QED) is 0.784. The van der Waals surface area contributed by atoms with E-state index < -0.39 is 10.0 Å². The second-order valence-electron chi connectivity index (χ2n) is 7.02. The van der Waals surface area contributed by atoms with Gasteiger partial charge in [-0.25, -0.2) is 8.42 Å². The molecule has 8 heteroatoms. The highest BCUT2D eigenvalue weighted by molar-refractivity contribution is 7.89. The molecule has 2 fully saturated rings. The van der Waals surface area contributed by atoms with Crippen LogP contribution < -0.4 is 4.74 Å². The molecule has 4 rings (SSSR count). The van der Waals surface area contributed by atoms with Crippen LogP contribution in [0.15, 0.2) is 41.6 Å². The van der Waals surface area contributed by atoms with Crippen molar-refractivity contribution in [3.05, 3.63) is 42.2 Å². The van der Waals surface area contributed by atoms with Crippen LogP contribution in [-0.2, 0) is 14.8 Å². The highest BCUT2D eigenvalue weighted by atomic mass is 32.2. The van der Waals surface area contributed by atoms with E-state index >= 15 is 0 Å². The van der Waals surface area contributed by atoms with Gasteiger partial charge in [-0.3, -0.25) is 4.68 Å². The first-order valence-corrected chi connectivity index (χ1v) is 10.8. The first-order chi connectivity index (χ1) is 13.1. The van der Waals surface area contributed by atoms with E-state index in [1.165, 1.54) is 6.20 Å². The van der Waals surface area contributed by atoms with Crippen LogP contribution >= 0.6 is 0 Å². The Kier molecular flexibility index (Phi) is 5.21. The summed E-state index contributed by atoms with van der Waals surface area (Å²) in [6.07, 6.45) is 6.47. The summed E-state index contributed by atoms with van der Waals surface area (Å²) in [7, 11) is -2.00. The lowest BCUT2D eigenvalue weighted by Crippen LogP contribution is -2.30. The molecule has 0 unspecified atom stereocenters. The number of aromatic nitrogens is 2. The highest BCUT2D eigenvalue weighted by Gasteiger charge is 2.38. The van der Waals surface area contributed by atoms with E-state index in [1.54, 1.807) is 22.3 Å². The molecule has 7 nitrogen and oxygen atoms in total. The minimum Gasteiger partial charge on any atom is -0.496 e. The van der Waals surface area contributed by atoms with E-state index in [-0.39, 0.29) is 17.0 Å². The van der Waals surface area contributed by atoms with Crippen LogP contribution in [0.2, 0.25) is 0 Å². The Hall–Kier alpha value is -1.90. The maximum atomic E-state index is 13.3. The fraction of sp³-hybridized carbons (Fsp3) is 0.526. The largest absolute Gasteiger partial charge is 0.496 e. The zero-order chi connectivity index (χ0) is 18.9. The van der Waals surface area contributed by atoms with Crippen molar-refractivity contribution >= 4 is 10.0 Å². The molecule has 0 amide bonds. The van der Waals surface area contributed by atoms with E-state index in [4.69, 9.17) is 9.47 Å². The molecule has 2 aliphatic heterocycles. The molecule has 2 aromatic rings. The summed E-state index contributed by atoms with van der Waals surface area (Å²) < 4.78 is 40.9. The first kappa shape index (κ1) is 18.5. The standard InChI is InChI=1S/C19H25N3O4S/c1-25-19-7-3-2-5-17(19)18-6-4-10-22(18)27(23,24)16-13-20-21(14-16)15-8-11-26-12-9-15/h2-3,5,7,13-15,18H,4,6,8-12H2,1H3/t18-/m1/s1. The summed E-state index contributed by atoms with van der Waals surface area (Å²) >= 11 is 0. The second kappa shape index (κ2) is 7.61. The minimum absolute atomic E-state index is 0.200. The molecule has 2 aliphatic rings. The van der Waals surface area contributed by atoms with E-state index in [0.29, 0.717) is 19.8 Å². The van der Waals surface area contributed by atoms with Gasteiger partial charge < -0.3 is 9.47 Å². The average Bonchev–Trinajstić information content (AvgIpc) is 3.39. The molecule has 1 aromatic carbocycles. The smallest absolute Gasteiger partial charge is 0.246 e. The first-order valence-electron chi connectivity index (χ1n) is 9.38. The number of sulfonamides is 1. The van der Waals surface area contributed by atoms with Gasteiger partial charge in [0, 0.05) is 31.5 Å². The molecule has 3 heterocycles. The zero-order valence-corrected chi connectivity index (χ0v) is 16.3. The van der Waals surface area contributed by atoms with E-state index in [1.807, 2.05) is 24.3 Å². The fourth-order valence-corrected chi connectivity index (χ4v) is 5.63. The Labute approximate surface area is 159 Å². The second-order valence-corrected chi connectivity index (χ2v) is 8.91. The summed E-state index contributed by atoms with van der Waals surface area (Å²) in [4.78, 5) is 0.260. The Balaban J connectivity index is 1.62. The number of nitrogens with zero attached hydrogens (tertiary/aromatic N) is 3. The van der Waals surface area contributed by atoms with Gasteiger partial charge in [0.1, 0.15) is 10.6 Å². The van der Waals surface area contributed by atoms with Crippen molar-refractivity contribution in [2.45, 2.75) is 42.7 Å². The summed E-state index contributed by atoms with van der Waals surface area (Å²) in [5.41, 5.74) is 0.915. The van der Waals surface area contributed by atoms with Crippen molar-refractivity contribution in [2.75, 3.05) is 26.9 Å². The van der Waals surface area contributed by atoms with Crippen molar-refractivity contribution in [2.24, 2.45) is 0 Å². The molecule has 0 bridgehead atoms. The molecular weight excluding hydrogens is 366 g/mol. The van der Waals surface area contributed by atoms with Crippen LogP contribution in [-0.4, -0.2) is 49.4 Å². The number of rotatable bonds is 5. The van der Waals surface area contributed by atoms with Crippen LogP contribution in [0, 0.1) is 0 Å². The zero-order valence-electron chi connectivity index (χ0n) is 15.5. The molecule has 2 saturated heterocycles. The lowest BCUT2D eigenvalue weighted by atomic mass is 10.0. The molecule has 27 heavy (non-hydrogen) atoms. The highest BCUT2D eigenvalue weighted by Crippen LogP contribution is 2.40. The molecule has 1 atom stereocenters. The van der Waals surface area contributed by atoms with Crippen molar-refractivity contribution in [3.8, 4) is 5.75 Å². The maximum absolute atomic E-state index is 13.3. The summed E-state index contributed by atoms with van der Waals surface area (Å²) in [5, 5.41) is 4.34. The minimum atomic E-state index is -3.62. The number of methoxy groups -OCH3 is 1. The van der Waals surface area contributed by atoms with E-state index in [2.05, 4.69) is 5.10 Å². The predicted octanol–water partition coefficient (Wildman–Crippen LogP) is 2.77. The fourth-order valence-electron chi connectivity index (χ4n) is 4.02. The Bertz CT molecular complexity index is 890. The normalized spacial score (nSPS) is 22.2. The molecule has 0 radical (unpaired) electrons. The van der Waals surface area contributed by atoms with Crippen LogP contribution in [0.25, 0.3) is 0 Å². The van der Waals surface area contributed by atoms with Gasteiger partial charge in [0.2, 0.25) is 10.0 Å². The Morgan fingerprint density at radius 3 is 2.74 bits per heavy atom. The van der Waals surface area contributed by atoms with Gasteiger partial charge in [-0.05, 0) is 31.7 Å². The van der Waals surface area contributed by atoms with E-state index in [9.17, 15) is 8.42 Å². The van der Waals surface area contributed by atoms with Gasteiger partial charge in [-0.2, -0.15) is 9.40 Å². The van der Waals surface area contributed by atoms with Crippen LogP contribution in [0.3, 0.4) is 0 Å². The van der Waals surface area contributed by atoms with Gasteiger partial charge in [-0.1, -0.05) is 18.2 Å². The van der Waals surface area contributed by atoms with Crippen LogP contribution in [0.5, 0.6) is 5.75 Å².